The van der Waals surface area contributed by atoms with Gasteiger partial charge in [0, 0.05) is 11.5 Å². The average Bonchev–Trinajstić information content (AvgIpc) is 2.85. The number of nitrogens with one attached hydrogen (secondary N) is 1. The Morgan fingerprint density at radius 1 is 1.20 bits per heavy atom. The van der Waals surface area contributed by atoms with Gasteiger partial charge in [-0.25, -0.2) is 0 Å². The molecule has 0 aromatic heterocycles. The molecule has 136 valence electrons. The second-order valence-corrected chi connectivity index (χ2v) is 6.09. The molecule has 0 spiro atoms. The summed E-state index contributed by atoms with van der Waals surface area (Å²) in [4.78, 5) is 10.7. The maximum Gasteiger partial charge on any atom is 0.471 e. The summed E-state index contributed by atoms with van der Waals surface area (Å²) in [5.41, 5.74) is 0.820. The van der Waals surface area contributed by atoms with E-state index in [0.29, 0.717) is 11.7 Å². The third-order valence-corrected chi connectivity index (χ3v) is 4.02. The van der Waals surface area contributed by atoms with E-state index in [2.05, 4.69) is 11.8 Å². The highest BCUT2D eigenvalue weighted by Gasteiger charge is 2.38. The van der Waals surface area contributed by atoms with Gasteiger partial charge in [0.15, 0.2) is 0 Å². The lowest BCUT2D eigenvalue weighted by molar-refractivity contribution is -0.173. The lowest BCUT2D eigenvalue weighted by atomic mass is 10.0. The molecule has 0 aliphatic heterocycles. The number of halogens is 3. The Kier molecular flexibility index (Phi) is 7.17. The number of carbonyl (C=O) groups is 1. The molecule has 0 heterocycles. The maximum absolute atomic E-state index is 12.0. The molecular formula is C19H22F3NO2. The van der Waals surface area contributed by atoms with Crippen molar-refractivity contribution in [3.63, 3.8) is 0 Å². The van der Waals surface area contributed by atoms with Gasteiger partial charge in [-0.3, -0.25) is 4.79 Å². The fraction of sp³-hybridized carbons (Fsp3) is 0.526. The van der Waals surface area contributed by atoms with Crippen molar-refractivity contribution in [2.75, 3.05) is 13.2 Å². The number of hydrogen-bond donors (Lipinski definition) is 1. The van der Waals surface area contributed by atoms with E-state index in [0.717, 1.165) is 18.4 Å². The summed E-state index contributed by atoms with van der Waals surface area (Å²) < 4.78 is 41.5. The molecule has 0 radical (unpaired) electrons. The van der Waals surface area contributed by atoms with Crippen LogP contribution in [-0.2, 0) is 4.79 Å². The van der Waals surface area contributed by atoms with E-state index in [1.165, 1.54) is 25.7 Å². The van der Waals surface area contributed by atoms with Crippen LogP contribution in [0, 0.1) is 17.8 Å². The van der Waals surface area contributed by atoms with Crippen molar-refractivity contribution in [1.29, 1.82) is 0 Å². The Morgan fingerprint density at radius 3 is 2.60 bits per heavy atom. The first-order chi connectivity index (χ1) is 11.9. The van der Waals surface area contributed by atoms with E-state index in [1.54, 1.807) is 23.5 Å². The largest absolute Gasteiger partial charge is 0.492 e. The van der Waals surface area contributed by atoms with E-state index < -0.39 is 12.1 Å². The number of hydrogen-bond acceptors (Lipinski definition) is 2. The highest BCUT2D eigenvalue weighted by molar-refractivity contribution is 5.81. The van der Waals surface area contributed by atoms with Crippen molar-refractivity contribution >= 4 is 5.91 Å². The quantitative estimate of drug-likeness (QED) is 0.503. The Balaban J connectivity index is 1.82. The topological polar surface area (TPSA) is 38.3 Å². The van der Waals surface area contributed by atoms with E-state index in [1.807, 2.05) is 6.07 Å². The number of benzene rings is 1. The molecule has 1 aliphatic carbocycles. The zero-order chi connectivity index (χ0) is 18.1. The van der Waals surface area contributed by atoms with Gasteiger partial charge in [0.2, 0.25) is 0 Å². The first-order valence-corrected chi connectivity index (χ1v) is 8.54. The fourth-order valence-electron chi connectivity index (χ4n) is 2.71. The van der Waals surface area contributed by atoms with Crippen LogP contribution in [0.1, 0.15) is 44.1 Å². The van der Waals surface area contributed by atoms with Crippen molar-refractivity contribution < 1.29 is 22.7 Å². The van der Waals surface area contributed by atoms with Crippen LogP contribution in [0.4, 0.5) is 13.2 Å². The lowest BCUT2D eigenvalue weighted by Gasteiger charge is -2.09. The SMILES string of the molecule is O=C(NCCOc1cccc(C#CC2CCCCCC2)c1)C(F)(F)F. The minimum atomic E-state index is -4.87. The predicted octanol–water partition coefficient (Wildman–Crippen LogP) is 4.07. The number of carbonyl (C=O) groups excluding carboxylic acids is 1. The summed E-state index contributed by atoms with van der Waals surface area (Å²) in [7, 11) is 0. The third kappa shape index (κ3) is 7.08. The molecule has 0 atom stereocenters. The molecule has 1 N–H and O–H groups in total. The van der Waals surface area contributed by atoms with Gasteiger partial charge < -0.3 is 10.1 Å². The van der Waals surface area contributed by atoms with Crippen LogP contribution in [-0.4, -0.2) is 25.2 Å². The van der Waals surface area contributed by atoms with Gasteiger partial charge >= 0.3 is 12.1 Å². The zero-order valence-corrected chi connectivity index (χ0v) is 14.0. The number of alkyl halides is 3. The molecule has 2 rings (SSSR count). The van der Waals surface area contributed by atoms with E-state index in [4.69, 9.17) is 4.74 Å². The van der Waals surface area contributed by atoms with Crippen LogP contribution in [0.25, 0.3) is 0 Å². The zero-order valence-electron chi connectivity index (χ0n) is 14.0. The summed E-state index contributed by atoms with van der Waals surface area (Å²) in [6.45, 7) is -0.252. The lowest BCUT2D eigenvalue weighted by Crippen LogP contribution is -2.38. The van der Waals surface area contributed by atoms with Crippen LogP contribution >= 0.6 is 0 Å². The number of amides is 1. The molecule has 1 amide bonds. The monoisotopic (exact) mass is 353 g/mol. The summed E-state index contributed by atoms with van der Waals surface area (Å²) >= 11 is 0. The molecule has 1 saturated carbocycles. The van der Waals surface area contributed by atoms with Crippen LogP contribution in [0.5, 0.6) is 5.75 Å². The molecule has 0 saturated heterocycles. The van der Waals surface area contributed by atoms with Crippen molar-refractivity contribution in [2.45, 2.75) is 44.7 Å². The summed E-state index contributed by atoms with van der Waals surface area (Å²) in [5, 5.41) is 1.76. The maximum atomic E-state index is 12.0. The van der Waals surface area contributed by atoms with E-state index >= 15 is 0 Å². The van der Waals surface area contributed by atoms with Crippen molar-refractivity contribution in [2.24, 2.45) is 5.92 Å². The van der Waals surface area contributed by atoms with Gasteiger partial charge in [-0.1, -0.05) is 43.6 Å². The fourth-order valence-corrected chi connectivity index (χ4v) is 2.71. The molecule has 1 fully saturated rings. The smallest absolute Gasteiger partial charge is 0.471 e. The molecule has 25 heavy (non-hydrogen) atoms. The number of rotatable bonds is 4. The molecule has 0 unspecified atom stereocenters. The molecular weight excluding hydrogens is 331 g/mol. The Bertz CT molecular complexity index is 624. The average molecular weight is 353 g/mol. The van der Waals surface area contributed by atoms with Gasteiger partial charge in [0.25, 0.3) is 0 Å². The van der Waals surface area contributed by atoms with Crippen molar-refractivity contribution in [1.82, 2.24) is 5.32 Å². The molecule has 0 bridgehead atoms. The molecule has 1 aromatic carbocycles. The van der Waals surface area contributed by atoms with Crippen LogP contribution in [0.2, 0.25) is 0 Å². The van der Waals surface area contributed by atoms with E-state index in [9.17, 15) is 18.0 Å². The highest BCUT2D eigenvalue weighted by atomic mass is 19.4. The Hall–Kier alpha value is -2.16. The minimum Gasteiger partial charge on any atom is -0.492 e. The minimum absolute atomic E-state index is 0.0404. The standard InChI is InChI=1S/C19H22F3NO2/c20-19(21,22)18(24)23-12-13-25-17-9-5-8-16(14-17)11-10-15-6-3-1-2-4-7-15/h5,8-9,14-15H,1-4,6-7,12-13H2,(H,23,24). The summed E-state index contributed by atoms with van der Waals surface area (Å²) in [5.74, 6) is 5.48. The highest BCUT2D eigenvalue weighted by Crippen LogP contribution is 2.22. The first kappa shape index (κ1) is 19.2. The summed E-state index contributed by atoms with van der Waals surface area (Å²) in [6, 6.07) is 7.14. The molecule has 3 nitrogen and oxygen atoms in total. The van der Waals surface area contributed by atoms with Crippen LogP contribution < -0.4 is 10.1 Å². The molecule has 1 aromatic rings. The molecule has 6 heteroatoms. The number of ether oxygens (including phenoxy) is 1. The van der Waals surface area contributed by atoms with Gasteiger partial charge in [0.05, 0.1) is 6.54 Å². The predicted molar refractivity (Wildman–Crippen MR) is 89.1 cm³/mol. The normalized spacial score (nSPS) is 15.6. The first-order valence-electron chi connectivity index (χ1n) is 8.54. The van der Waals surface area contributed by atoms with E-state index in [-0.39, 0.29) is 13.2 Å². The Labute approximate surface area is 145 Å². The van der Waals surface area contributed by atoms with Gasteiger partial charge in [-0.15, -0.1) is 0 Å². The third-order valence-electron chi connectivity index (χ3n) is 4.02. The van der Waals surface area contributed by atoms with Crippen LogP contribution in [0.15, 0.2) is 24.3 Å². The summed E-state index contributed by atoms with van der Waals surface area (Å²) in [6.07, 6.45) is 2.44. The molecule has 1 aliphatic rings. The Morgan fingerprint density at radius 2 is 1.92 bits per heavy atom. The van der Waals surface area contributed by atoms with Gasteiger partial charge in [-0.2, -0.15) is 13.2 Å². The second-order valence-electron chi connectivity index (χ2n) is 6.09. The van der Waals surface area contributed by atoms with Crippen molar-refractivity contribution in [3.05, 3.63) is 29.8 Å². The van der Waals surface area contributed by atoms with Gasteiger partial charge in [-0.05, 0) is 31.0 Å². The van der Waals surface area contributed by atoms with Crippen molar-refractivity contribution in [3.8, 4) is 17.6 Å². The second kappa shape index (κ2) is 9.36. The van der Waals surface area contributed by atoms with Crippen LogP contribution in [0.3, 0.4) is 0 Å². The van der Waals surface area contributed by atoms with Gasteiger partial charge in [0.1, 0.15) is 12.4 Å².